The van der Waals surface area contributed by atoms with Crippen LogP contribution in [0.15, 0.2) is 78.2 Å². The second-order valence-corrected chi connectivity index (χ2v) is 7.53. The first-order valence-electron chi connectivity index (χ1n) is 8.20. The first-order valence-corrected chi connectivity index (χ1v) is 9.94. The van der Waals surface area contributed by atoms with E-state index in [2.05, 4.69) is 15.2 Å². The number of halogens is 2. The monoisotopic (exact) mass is 412 g/mol. The van der Waals surface area contributed by atoms with Crippen molar-refractivity contribution in [1.82, 2.24) is 19.7 Å². The summed E-state index contributed by atoms with van der Waals surface area (Å²) in [4.78, 5) is 4.20. The molecule has 0 atom stereocenters. The standard InChI is InChI=1S/C20H14Cl2N4S/c21-16-9-8-15(18(22)11-16)13-27-20-25-24-19(14-5-4-10-23-12-14)26(20)17-6-2-1-3-7-17/h1-12H,13H2. The van der Waals surface area contributed by atoms with Gasteiger partial charge in [0.05, 0.1) is 0 Å². The van der Waals surface area contributed by atoms with Crippen molar-refractivity contribution in [2.45, 2.75) is 10.9 Å². The molecule has 4 aromatic rings. The molecule has 0 aliphatic rings. The number of rotatable bonds is 5. The van der Waals surface area contributed by atoms with Crippen molar-refractivity contribution in [2.75, 3.05) is 0 Å². The molecule has 0 bridgehead atoms. The smallest absolute Gasteiger partial charge is 0.196 e. The highest BCUT2D eigenvalue weighted by molar-refractivity contribution is 7.98. The lowest BCUT2D eigenvalue weighted by Crippen LogP contribution is -1.99. The zero-order valence-electron chi connectivity index (χ0n) is 14.1. The predicted molar refractivity (Wildman–Crippen MR) is 111 cm³/mol. The molecular formula is C20H14Cl2N4S. The topological polar surface area (TPSA) is 43.6 Å². The van der Waals surface area contributed by atoms with Gasteiger partial charge in [0.2, 0.25) is 0 Å². The van der Waals surface area contributed by atoms with Crippen molar-refractivity contribution in [3.63, 3.8) is 0 Å². The minimum atomic E-state index is 0.625. The number of hydrogen-bond donors (Lipinski definition) is 0. The number of benzene rings is 2. The highest BCUT2D eigenvalue weighted by Gasteiger charge is 2.16. The third-order valence-corrected chi connectivity index (χ3v) is 5.50. The summed E-state index contributed by atoms with van der Waals surface area (Å²) in [6, 6.07) is 19.4. The third-order valence-electron chi connectivity index (χ3n) is 3.94. The number of aromatic nitrogens is 4. The van der Waals surface area contributed by atoms with Crippen LogP contribution < -0.4 is 0 Å². The summed E-state index contributed by atoms with van der Waals surface area (Å²) in [6.45, 7) is 0. The van der Waals surface area contributed by atoms with Crippen LogP contribution >= 0.6 is 35.0 Å². The van der Waals surface area contributed by atoms with Gasteiger partial charge in [0.1, 0.15) is 0 Å². The average Bonchev–Trinajstić information content (AvgIpc) is 3.12. The molecule has 0 unspecified atom stereocenters. The van der Waals surface area contributed by atoms with Crippen molar-refractivity contribution in [3.8, 4) is 17.1 Å². The van der Waals surface area contributed by atoms with Gasteiger partial charge in [0.15, 0.2) is 11.0 Å². The van der Waals surface area contributed by atoms with E-state index in [-0.39, 0.29) is 0 Å². The molecule has 0 saturated carbocycles. The van der Waals surface area contributed by atoms with Crippen molar-refractivity contribution in [2.24, 2.45) is 0 Å². The fourth-order valence-corrected chi connectivity index (χ4v) is 4.15. The van der Waals surface area contributed by atoms with Crippen LogP contribution in [0.1, 0.15) is 5.56 Å². The molecule has 0 spiro atoms. The van der Waals surface area contributed by atoms with Gasteiger partial charge in [0, 0.05) is 39.4 Å². The molecule has 2 heterocycles. The van der Waals surface area contributed by atoms with E-state index in [0.29, 0.717) is 15.8 Å². The van der Waals surface area contributed by atoms with Crippen LogP contribution in [0.2, 0.25) is 10.0 Å². The molecule has 134 valence electrons. The quantitative estimate of drug-likeness (QED) is 0.381. The fourth-order valence-electron chi connectivity index (χ4n) is 2.64. The van der Waals surface area contributed by atoms with E-state index >= 15 is 0 Å². The molecule has 0 saturated heterocycles. The van der Waals surface area contributed by atoms with Gasteiger partial charge in [-0.2, -0.15) is 0 Å². The van der Waals surface area contributed by atoms with Crippen molar-refractivity contribution < 1.29 is 0 Å². The Bertz CT molecular complexity index is 1050. The lowest BCUT2D eigenvalue weighted by molar-refractivity contribution is 0.886. The molecule has 0 aliphatic heterocycles. The Morgan fingerprint density at radius 1 is 0.926 bits per heavy atom. The molecule has 0 N–H and O–H groups in total. The summed E-state index contributed by atoms with van der Waals surface area (Å²) >= 11 is 13.9. The van der Waals surface area contributed by atoms with E-state index in [9.17, 15) is 0 Å². The lowest BCUT2D eigenvalue weighted by atomic mass is 10.2. The molecule has 27 heavy (non-hydrogen) atoms. The Morgan fingerprint density at radius 2 is 1.78 bits per heavy atom. The summed E-state index contributed by atoms with van der Waals surface area (Å²) in [6.07, 6.45) is 3.53. The van der Waals surface area contributed by atoms with Crippen LogP contribution in [0.5, 0.6) is 0 Å². The molecular weight excluding hydrogens is 399 g/mol. The summed E-state index contributed by atoms with van der Waals surface area (Å²) in [5.74, 6) is 1.41. The number of para-hydroxylation sites is 1. The maximum absolute atomic E-state index is 6.30. The second kappa shape index (κ2) is 8.13. The Kier molecular flexibility index (Phi) is 5.43. The van der Waals surface area contributed by atoms with E-state index in [1.165, 1.54) is 0 Å². The maximum Gasteiger partial charge on any atom is 0.196 e. The van der Waals surface area contributed by atoms with Crippen molar-refractivity contribution in [3.05, 3.63) is 88.7 Å². The summed E-state index contributed by atoms with van der Waals surface area (Å²) in [5.41, 5.74) is 2.90. The SMILES string of the molecule is Clc1ccc(CSc2nnc(-c3cccnc3)n2-c2ccccc2)c(Cl)c1. The zero-order chi connectivity index (χ0) is 18.6. The summed E-state index contributed by atoms with van der Waals surface area (Å²) in [7, 11) is 0. The lowest BCUT2D eigenvalue weighted by Gasteiger charge is -2.10. The second-order valence-electron chi connectivity index (χ2n) is 5.74. The van der Waals surface area contributed by atoms with Gasteiger partial charge in [-0.3, -0.25) is 9.55 Å². The Morgan fingerprint density at radius 3 is 2.52 bits per heavy atom. The minimum absolute atomic E-state index is 0.625. The van der Waals surface area contributed by atoms with Gasteiger partial charge < -0.3 is 0 Å². The summed E-state index contributed by atoms with van der Waals surface area (Å²) < 4.78 is 2.03. The molecule has 4 nitrogen and oxygen atoms in total. The number of pyridine rings is 1. The van der Waals surface area contributed by atoms with Gasteiger partial charge in [-0.15, -0.1) is 10.2 Å². The normalized spacial score (nSPS) is 10.9. The van der Waals surface area contributed by atoms with Gasteiger partial charge in [-0.05, 0) is 42.0 Å². The van der Waals surface area contributed by atoms with E-state index in [4.69, 9.17) is 23.2 Å². The Hall–Kier alpha value is -2.34. The number of hydrogen-bond acceptors (Lipinski definition) is 4. The molecule has 7 heteroatoms. The molecule has 2 aromatic carbocycles. The molecule has 0 fully saturated rings. The molecule has 0 aliphatic carbocycles. The molecule has 2 aromatic heterocycles. The highest BCUT2D eigenvalue weighted by atomic mass is 35.5. The van der Waals surface area contributed by atoms with E-state index in [1.807, 2.05) is 59.2 Å². The zero-order valence-corrected chi connectivity index (χ0v) is 16.4. The number of thioether (sulfide) groups is 1. The molecule has 4 rings (SSSR count). The fraction of sp³-hybridized carbons (Fsp3) is 0.0500. The van der Waals surface area contributed by atoms with Crippen LogP contribution in [-0.2, 0) is 5.75 Å². The molecule has 0 radical (unpaired) electrons. The first-order chi connectivity index (χ1) is 13.2. The van der Waals surface area contributed by atoms with E-state index in [0.717, 1.165) is 27.8 Å². The van der Waals surface area contributed by atoms with Crippen LogP contribution in [-0.4, -0.2) is 19.7 Å². The Labute approximate surface area is 171 Å². The molecule has 0 amide bonds. The number of nitrogens with zero attached hydrogens (tertiary/aromatic N) is 4. The Balaban J connectivity index is 1.71. The van der Waals surface area contributed by atoms with E-state index < -0.39 is 0 Å². The predicted octanol–water partition coefficient (Wildman–Crippen LogP) is 5.93. The van der Waals surface area contributed by atoms with Crippen LogP contribution in [0.4, 0.5) is 0 Å². The first kappa shape index (κ1) is 18.0. The van der Waals surface area contributed by atoms with Crippen molar-refractivity contribution >= 4 is 35.0 Å². The van der Waals surface area contributed by atoms with Crippen LogP contribution in [0.25, 0.3) is 17.1 Å². The maximum atomic E-state index is 6.30. The van der Waals surface area contributed by atoms with Gasteiger partial charge in [0.25, 0.3) is 0 Å². The summed E-state index contributed by atoms with van der Waals surface area (Å²) in [5, 5.41) is 10.9. The minimum Gasteiger partial charge on any atom is -0.270 e. The van der Waals surface area contributed by atoms with E-state index in [1.54, 1.807) is 30.2 Å². The van der Waals surface area contributed by atoms with Gasteiger partial charge in [-0.1, -0.05) is 59.2 Å². The van der Waals surface area contributed by atoms with Crippen LogP contribution in [0.3, 0.4) is 0 Å². The van der Waals surface area contributed by atoms with Gasteiger partial charge >= 0.3 is 0 Å². The van der Waals surface area contributed by atoms with Crippen molar-refractivity contribution in [1.29, 1.82) is 0 Å². The van der Waals surface area contributed by atoms with Gasteiger partial charge in [-0.25, -0.2) is 0 Å². The highest BCUT2D eigenvalue weighted by Crippen LogP contribution is 2.31. The average molecular weight is 413 g/mol. The largest absolute Gasteiger partial charge is 0.270 e. The van der Waals surface area contributed by atoms with Crippen LogP contribution in [0, 0.1) is 0 Å². The third kappa shape index (κ3) is 4.00.